The Balaban J connectivity index is 0.00000216. The minimum atomic E-state index is -0.626. The second-order valence-electron chi connectivity index (χ2n) is 10.1. The van der Waals surface area contributed by atoms with E-state index in [-0.39, 0.29) is 12.5 Å². The van der Waals surface area contributed by atoms with Gasteiger partial charge in [-0.3, -0.25) is 9.79 Å². The quantitative estimate of drug-likeness (QED) is 0.120. The Labute approximate surface area is 262 Å². The van der Waals surface area contributed by atoms with E-state index in [0.29, 0.717) is 25.3 Å². The predicted octanol–water partition coefficient (Wildman–Crippen LogP) is 5.84. The van der Waals surface area contributed by atoms with Crippen LogP contribution in [0.4, 0.5) is 4.79 Å². The lowest BCUT2D eigenvalue weighted by molar-refractivity contribution is -0.130. The van der Waals surface area contributed by atoms with Gasteiger partial charge in [0, 0.05) is 31.4 Å². The number of aromatic amines is 1. The number of carbonyl (C=O) groups is 2. The van der Waals surface area contributed by atoms with Crippen LogP contribution in [0.25, 0.3) is 28.1 Å². The molecule has 0 atom stereocenters. The summed E-state index contributed by atoms with van der Waals surface area (Å²) in [7, 11) is 1.26. The molecule has 0 aliphatic heterocycles. The number of alkyl carbamates (subject to hydrolysis) is 1. The number of aliphatic imine (C=N–C) groups is 1. The van der Waals surface area contributed by atoms with E-state index in [1.54, 1.807) is 11.1 Å². The number of amides is 2. The molecule has 0 fully saturated rings. The van der Waals surface area contributed by atoms with Gasteiger partial charge in [-0.1, -0.05) is 82.6 Å². The van der Waals surface area contributed by atoms with E-state index < -0.39 is 6.09 Å². The molecule has 3 rings (SSSR count). The van der Waals surface area contributed by atoms with Crippen molar-refractivity contribution in [2.45, 2.75) is 53.5 Å². The Morgan fingerprint density at radius 3 is 2.18 bits per heavy atom. The topological polar surface area (TPSA) is 124 Å². The van der Waals surface area contributed by atoms with Crippen LogP contribution in [0.1, 0.15) is 58.3 Å². The summed E-state index contributed by atoms with van der Waals surface area (Å²) in [4.78, 5) is 37.4. The maximum absolute atomic E-state index is 12.4. The molecule has 0 radical (unpaired) electrons. The van der Waals surface area contributed by atoms with Crippen molar-refractivity contribution in [3.63, 3.8) is 0 Å². The Morgan fingerprint density at radius 2 is 1.59 bits per heavy atom. The molecule has 2 aromatic carbocycles. The van der Waals surface area contributed by atoms with Crippen LogP contribution in [0.5, 0.6) is 0 Å². The normalized spacial score (nSPS) is 10.8. The van der Waals surface area contributed by atoms with E-state index in [9.17, 15) is 9.59 Å². The van der Waals surface area contributed by atoms with Gasteiger partial charge in [0.05, 0.1) is 31.2 Å². The van der Waals surface area contributed by atoms with Gasteiger partial charge < -0.3 is 30.6 Å². The number of nitrogens with zero attached hydrogens (tertiary/aromatic N) is 3. The van der Waals surface area contributed by atoms with Crippen molar-refractivity contribution in [3.8, 4) is 22.4 Å². The number of benzene rings is 2. The van der Waals surface area contributed by atoms with Crippen molar-refractivity contribution in [2.75, 3.05) is 39.8 Å². The van der Waals surface area contributed by atoms with E-state index >= 15 is 0 Å². The van der Waals surface area contributed by atoms with E-state index in [2.05, 4.69) is 99.5 Å². The van der Waals surface area contributed by atoms with Crippen LogP contribution < -0.4 is 16.0 Å². The number of rotatable bonds is 16. The monoisotopic (exact) mass is 603 g/mol. The first-order valence-corrected chi connectivity index (χ1v) is 15.4. The van der Waals surface area contributed by atoms with Crippen molar-refractivity contribution in [3.05, 3.63) is 72.3 Å². The first kappa shape index (κ1) is 35.8. The van der Waals surface area contributed by atoms with Crippen LogP contribution in [-0.4, -0.2) is 73.4 Å². The third-order valence-corrected chi connectivity index (χ3v) is 6.41. The minimum Gasteiger partial charge on any atom is -0.453 e. The molecular formula is C34H49N7O3. The van der Waals surface area contributed by atoms with Crippen molar-refractivity contribution in [1.29, 1.82) is 0 Å². The van der Waals surface area contributed by atoms with Crippen molar-refractivity contribution < 1.29 is 14.3 Å². The summed E-state index contributed by atoms with van der Waals surface area (Å²) >= 11 is 0. The predicted molar refractivity (Wildman–Crippen MR) is 180 cm³/mol. The van der Waals surface area contributed by atoms with Crippen LogP contribution in [-0.2, 0) is 16.1 Å². The lowest BCUT2D eigenvalue weighted by Crippen LogP contribution is -2.42. The largest absolute Gasteiger partial charge is 0.453 e. The van der Waals surface area contributed by atoms with Gasteiger partial charge in [0.25, 0.3) is 0 Å². The summed E-state index contributed by atoms with van der Waals surface area (Å²) in [5.74, 6) is 0.768. The molecular weight excluding hydrogens is 554 g/mol. The number of hydrogen-bond acceptors (Lipinski definition) is 7. The van der Waals surface area contributed by atoms with Gasteiger partial charge >= 0.3 is 6.09 Å². The molecule has 2 amide bonds. The molecule has 10 heteroatoms. The zero-order chi connectivity index (χ0) is 32.2. The highest BCUT2D eigenvalue weighted by molar-refractivity contribution is 5.82. The second-order valence-corrected chi connectivity index (χ2v) is 10.1. The molecule has 0 unspecified atom stereocenters. The van der Waals surface area contributed by atoms with E-state index in [1.807, 2.05) is 25.3 Å². The highest BCUT2D eigenvalue weighted by Gasteiger charge is 2.13. The summed E-state index contributed by atoms with van der Waals surface area (Å²) < 4.78 is 4.52. The average molecular weight is 604 g/mol. The van der Waals surface area contributed by atoms with Gasteiger partial charge in [0.1, 0.15) is 12.4 Å². The van der Waals surface area contributed by atoms with Gasteiger partial charge in [-0.25, -0.2) is 9.78 Å². The Bertz CT molecular complexity index is 1300. The van der Waals surface area contributed by atoms with Crippen molar-refractivity contribution in [2.24, 2.45) is 4.99 Å². The molecule has 0 saturated carbocycles. The number of imidazole rings is 1. The number of H-pyrrole nitrogens is 1. The Hall–Kier alpha value is -4.44. The molecule has 0 bridgehead atoms. The fourth-order valence-electron chi connectivity index (χ4n) is 4.21. The van der Waals surface area contributed by atoms with Gasteiger partial charge in [-0.05, 0) is 42.8 Å². The lowest BCUT2D eigenvalue weighted by Gasteiger charge is -2.22. The van der Waals surface area contributed by atoms with Crippen LogP contribution >= 0.6 is 0 Å². The summed E-state index contributed by atoms with van der Waals surface area (Å²) in [6.45, 7) is 15.3. The molecule has 44 heavy (non-hydrogen) atoms. The van der Waals surface area contributed by atoms with Crippen molar-refractivity contribution >= 4 is 24.4 Å². The number of ether oxygens (including phenoxy) is 1. The van der Waals surface area contributed by atoms with Crippen molar-refractivity contribution in [1.82, 2.24) is 30.8 Å². The minimum absolute atomic E-state index is 0.0992. The summed E-state index contributed by atoms with van der Waals surface area (Å²) in [6, 6.07) is 16.6. The zero-order valence-electron chi connectivity index (χ0n) is 26.9. The molecule has 10 nitrogen and oxygen atoms in total. The first-order valence-electron chi connectivity index (χ1n) is 15.4. The molecule has 0 spiro atoms. The SMILES string of the molecule is C=N/C(=C\NCCN(CCC)C(=O)CNC(=O)OC)c1ccc(-c2ccc(-c3cnc(CNCCC)[nH]3)cc2)cc1.CCC. The molecule has 238 valence electrons. The Kier molecular flexibility index (Phi) is 16.6. The fourth-order valence-corrected chi connectivity index (χ4v) is 4.21. The molecule has 1 aromatic heterocycles. The van der Waals surface area contributed by atoms with Gasteiger partial charge in [-0.2, -0.15) is 0 Å². The van der Waals surface area contributed by atoms with Gasteiger partial charge in [-0.15, -0.1) is 0 Å². The summed E-state index contributed by atoms with van der Waals surface area (Å²) in [6.07, 6.45) is 6.21. The number of carbonyl (C=O) groups excluding carboxylic acids is 2. The van der Waals surface area contributed by atoms with Crippen LogP contribution in [0.2, 0.25) is 0 Å². The second kappa shape index (κ2) is 20.5. The molecule has 4 N–H and O–H groups in total. The third kappa shape index (κ3) is 12.0. The number of nitrogens with one attached hydrogen (secondary N) is 4. The molecule has 1 heterocycles. The standard InChI is InChI=1S/C31H41N7O3.C3H8/c1-5-15-33-21-29-35-20-28(37-29)26-13-9-24(10-14-26)23-7-11-25(12-8-23)27(32-3)19-34-16-18-38(17-6-2)30(39)22-36-31(40)41-4;1-3-2/h7-14,19-20,33-34H,3,5-6,15-18,21-22H2,1-2,4H3,(H,35,37)(H,36,40);3H2,1-2H3/b27-19-;. The first-order chi connectivity index (χ1) is 21.4. The van der Waals surface area contributed by atoms with Crippen LogP contribution in [0.15, 0.2) is 65.9 Å². The summed E-state index contributed by atoms with van der Waals surface area (Å²) in [5, 5.41) is 9.01. The smallest absolute Gasteiger partial charge is 0.407 e. The van der Waals surface area contributed by atoms with Crippen LogP contribution in [0.3, 0.4) is 0 Å². The fraction of sp³-hybridized carbons (Fsp3) is 0.412. The number of methoxy groups -OCH3 is 1. The maximum atomic E-state index is 12.4. The van der Waals surface area contributed by atoms with E-state index in [0.717, 1.165) is 59.7 Å². The van der Waals surface area contributed by atoms with E-state index in [4.69, 9.17) is 0 Å². The van der Waals surface area contributed by atoms with Gasteiger partial charge in [0.15, 0.2) is 0 Å². The average Bonchev–Trinajstić information content (AvgIpc) is 3.52. The lowest BCUT2D eigenvalue weighted by atomic mass is 10.0. The van der Waals surface area contributed by atoms with E-state index in [1.165, 1.54) is 13.5 Å². The molecule has 0 aliphatic carbocycles. The maximum Gasteiger partial charge on any atom is 0.407 e. The highest BCUT2D eigenvalue weighted by Crippen LogP contribution is 2.26. The molecule has 0 aliphatic rings. The Morgan fingerprint density at radius 1 is 0.955 bits per heavy atom. The third-order valence-electron chi connectivity index (χ3n) is 6.41. The number of aromatic nitrogens is 2. The summed E-state index contributed by atoms with van der Waals surface area (Å²) in [5.41, 5.74) is 5.93. The molecule has 0 saturated heterocycles. The van der Waals surface area contributed by atoms with Crippen LogP contribution in [0, 0.1) is 0 Å². The highest BCUT2D eigenvalue weighted by atomic mass is 16.5. The number of hydrogen-bond donors (Lipinski definition) is 4. The van der Waals surface area contributed by atoms with Gasteiger partial charge in [0.2, 0.25) is 5.91 Å². The zero-order valence-corrected chi connectivity index (χ0v) is 26.9. The molecule has 3 aromatic rings.